The van der Waals surface area contributed by atoms with E-state index in [0.717, 1.165) is 16.9 Å². The standard InChI is InChI=1S/C22H18O3/c1-2-16-24-19-14-12-17(13-15-19)20-10-6-7-11-21(20)25-22(23)18-8-4-3-5-9-18/h2-15H,1,16H2. The van der Waals surface area contributed by atoms with E-state index in [1.807, 2.05) is 60.7 Å². The Bertz CT molecular complexity index is 852. The van der Waals surface area contributed by atoms with Crippen LogP contribution in [0.5, 0.6) is 11.5 Å². The molecule has 0 N–H and O–H groups in total. The van der Waals surface area contributed by atoms with Crippen LogP contribution in [-0.4, -0.2) is 12.6 Å². The summed E-state index contributed by atoms with van der Waals surface area (Å²) in [5.74, 6) is 0.914. The highest BCUT2D eigenvalue weighted by Crippen LogP contribution is 2.31. The van der Waals surface area contributed by atoms with Gasteiger partial charge in [-0.25, -0.2) is 4.79 Å². The van der Waals surface area contributed by atoms with Crippen LogP contribution in [-0.2, 0) is 0 Å². The van der Waals surface area contributed by atoms with Gasteiger partial charge in [0.2, 0.25) is 0 Å². The second-order valence-electron chi connectivity index (χ2n) is 5.38. The van der Waals surface area contributed by atoms with Gasteiger partial charge in [-0.1, -0.05) is 61.2 Å². The fourth-order valence-electron chi connectivity index (χ4n) is 2.41. The zero-order valence-electron chi connectivity index (χ0n) is 13.7. The van der Waals surface area contributed by atoms with Crippen molar-refractivity contribution in [3.63, 3.8) is 0 Å². The Morgan fingerprint density at radius 3 is 2.28 bits per heavy atom. The van der Waals surface area contributed by atoms with Crippen LogP contribution in [0.3, 0.4) is 0 Å². The van der Waals surface area contributed by atoms with Gasteiger partial charge in [0, 0.05) is 5.56 Å². The first-order valence-corrected chi connectivity index (χ1v) is 7.98. The highest BCUT2D eigenvalue weighted by atomic mass is 16.5. The summed E-state index contributed by atoms with van der Waals surface area (Å²) in [5, 5.41) is 0. The number of ether oxygens (including phenoxy) is 2. The molecule has 0 bridgehead atoms. The molecule has 0 aliphatic heterocycles. The van der Waals surface area contributed by atoms with Crippen LogP contribution in [0.2, 0.25) is 0 Å². The molecule has 0 spiro atoms. The zero-order valence-corrected chi connectivity index (χ0v) is 13.7. The van der Waals surface area contributed by atoms with Crippen molar-refractivity contribution in [3.05, 3.63) is 97.1 Å². The lowest BCUT2D eigenvalue weighted by Crippen LogP contribution is -2.08. The average molecular weight is 330 g/mol. The molecule has 0 aliphatic carbocycles. The first kappa shape index (κ1) is 16.5. The molecule has 0 aliphatic rings. The SMILES string of the molecule is C=CCOc1ccc(-c2ccccc2OC(=O)c2ccccc2)cc1. The van der Waals surface area contributed by atoms with Gasteiger partial charge in [-0.3, -0.25) is 0 Å². The second kappa shape index (κ2) is 7.97. The molecule has 0 aromatic heterocycles. The Kier molecular flexibility index (Phi) is 5.27. The number of esters is 1. The Labute approximate surface area is 147 Å². The molecule has 0 heterocycles. The Balaban J connectivity index is 1.83. The van der Waals surface area contributed by atoms with E-state index >= 15 is 0 Å². The van der Waals surface area contributed by atoms with Gasteiger partial charge in [-0.05, 0) is 35.9 Å². The molecule has 0 saturated heterocycles. The smallest absolute Gasteiger partial charge is 0.343 e. The summed E-state index contributed by atoms with van der Waals surface area (Å²) in [4.78, 5) is 12.3. The van der Waals surface area contributed by atoms with Crippen LogP contribution in [0, 0.1) is 0 Å². The first-order chi connectivity index (χ1) is 12.3. The van der Waals surface area contributed by atoms with Gasteiger partial charge in [-0.2, -0.15) is 0 Å². The summed E-state index contributed by atoms with van der Waals surface area (Å²) in [5.41, 5.74) is 2.31. The molecule has 3 heteroatoms. The number of benzene rings is 3. The van der Waals surface area contributed by atoms with E-state index in [0.29, 0.717) is 17.9 Å². The molecule has 3 rings (SSSR count). The number of carbonyl (C=O) groups is 1. The van der Waals surface area contributed by atoms with Crippen LogP contribution in [0.15, 0.2) is 91.5 Å². The van der Waals surface area contributed by atoms with E-state index in [-0.39, 0.29) is 5.97 Å². The van der Waals surface area contributed by atoms with E-state index in [1.165, 1.54) is 0 Å². The third kappa shape index (κ3) is 4.15. The second-order valence-corrected chi connectivity index (χ2v) is 5.38. The summed E-state index contributed by atoms with van der Waals surface area (Å²) >= 11 is 0. The van der Waals surface area contributed by atoms with Crippen LogP contribution < -0.4 is 9.47 Å². The quantitative estimate of drug-likeness (QED) is 0.357. The molecule has 0 atom stereocenters. The van der Waals surface area contributed by atoms with Crippen molar-refractivity contribution in [1.29, 1.82) is 0 Å². The highest BCUT2D eigenvalue weighted by Gasteiger charge is 2.12. The first-order valence-electron chi connectivity index (χ1n) is 7.98. The lowest BCUT2D eigenvalue weighted by atomic mass is 10.0. The largest absolute Gasteiger partial charge is 0.490 e. The van der Waals surface area contributed by atoms with Gasteiger partial charge in [0.15, 0.2) is 0 Å². The van der Waals surface area contributed by atoms with E-state index in [4.69, 9.17) is 9.47 Å². The van der Waals surface area contributed by atoms with E-state index in [2.05, 4.69) is 6.58 Å². The molecule has 3 nitrogen and oxygen atoms in total. The summed E-state index contributed by atoms with van der Waals surface area (Å²) in [6, 6.07) is 24.1. The van der Waals surface area contributed by atoms with Gasteiger partial charge < -0.3 is 9.47 Å². The molecule has 0 unspecified atom stereocenters. The van der Waals surface area contributed by atoms with Gasteiger partial charge in [0.05, 0.1) is 5.56 Å². The van der Waals surface area contributed by atoms with Crippen LogP contribution >= 0.6 is 0 Å². The van der Waals surface area contributed by atoms with Crippen LogP contribution in [0.25, 0.3) is 11.1 Å². The van der Waals surface area contributed by atoms with E-state index in [1.54, 1.807) is 24.3 Å². The fourth-order valence-corrected chi connectivity index (χ4v) is 2.41. The molecule has 0 amide bonds. The van der Waals surface area contributed by atoms with Gasteiger partial charge in [-0.15, -0.1) is 0 Å². The summed E-state index contributed by atoms with van der Waals surface area (Å²) in [6.45, 7) is 4.09. The summed E-state index contributed by atoms with van der Waals surface area (Å²) in [6.07, 6.45) is 1.70. The Morgan fingerprint density at radius 2 is 1.56 bits per heavy atom. The Morgan fingerprint density at radius 1 is 0.880 bits per heavy atom. The minimum atomic E-state index is -0.376. The molecular formula is C22H18O3. The number of hydrogen-bond acceptors (Lipinski definition) is 3. The van der Waals surface area contributed by atoms with Gasteiger partial charge >= 0.3 is 5.97 Å². The number of rotatable bonds is 6. The molecule has 25 heavy (non-hydrogen) atoms. The maximum atomic E-state index is 12.3. The van der Waals surface area contributed by atoms with Crippen molar-refractivity contribution in [3.8, 4) is 22.6 Å². The number of carbonyl (C=O) groups excluding carboxylic acids is 1. The monoisotopic (exact) mass is 330 g/mol. The van der Waals surface area contributed by atoms with Crippen LogP contribution in [0.4, 0.5) is 0 Å². The number of para-hydroxylation sites is 1. The van der Waals surface area contributed by atoms with Crippen molar-refractivity contribution < 1.29 is 14.3 Å². The molecule has 0 saturated carbocycles. The maximum Gasteiger partial charge on any atom is 0.343 e. The average Bonchev–Trinajstić information content (AvgIpc) is 2.68. The molecule has 0 fully saturated rings. The minimum absolute atomic E-state index is 0.376. The maximum absolute atomic E-state index is 12.3. The number of hydrogen-bond donors (Lipinski definition) is 0. The zero-order chi connectivity index (χ0) is 17.5. The predicted octanol–water partition coefficient (Wildman–Crippen LogP) is 5.14. The molecule has 3 aromatic rings. The van der Waals surface area contributed by atoms with E-state index in [9.17, 15) is 4.79 Å². The van der Waals surface area contributed by atoms with Crippen molar-refractivity contribution in [2.24, 2.45) is 0 Å². The summed E-state index contributed by atoms with van der Waals surface area (Å²) < 4.78 is 11.1. The van der Waals surface area contributed by atoms with Gasteiger partial charge in [0.25, 0.3) is 0 Å². The Hall–Kier alpha value is -3.33. The fraction of sp³-hybridized carbons (Fsp3) is 0.0455. The molecule has 124 valence electrons. The summed E-state index contributed by atoms with van der Waals surface area (Å²) in [7, 11) is 0. The third-order valence-electron chi connectivity index (χ3n) is 3.63. The van der Waals surface area contributed by atoms with Crippen LogP contribution in [0.1, 0.15) is 10.4 Å². The minimum Gasteiger partial charge on any atom is -0.490 e. The molecule has 0 radical (unpaired) electrons. The lowest BCUT2D eigenvalue weighted by molar-refractivity contribution is 0.0735. The van der Waals surface area contributed by atoms with Crippen molar-refractivity contribution in [2.45, 2.75) is 0 Å². The van der Waals surface area contributed by atoms with Gasteiger partial charge in [0.1, 0.15) is 18.1 Å². The van der Waals surface area contributed by atoms with Crippen molar-refractivity contribution in [2.75, 3.05) is 6.61 Å². The third-order valence-corrected chi connectivity index (χ3v) is 3.63. The normalized spacial score (nSPS) is 10.1. The van der Waals surface area contributed by atoms with Crippen molar-refractivity contribution in [1.82, 2.24) is 0 Å². The van der Waals surface area contributed by atoms with E-state index < -0.39 is 0 Å². The predicted molar refractivity (Wildman–Crippen MR) is 99.0 cm³/mol. The highest BCUT2D eigenvalue weighted by molar-refractivity contribution is 5.92. The molecule has 3 aromatic carbocycles. The molecular weight excluding hydrogens is 312 g/mol. The lowest BCUT2D eigenvalue weighted by Gasteiger charge is -2.11. The topological polar surface area (TPSA) is 35.5 Å². The van der Waals surface area contributed by atoms with Crippen molar-refractivity contribution >= 4 is 5.97 Å².